The van der Waals surface area contributed by atoms with E-state index in [0.717, 1.165) is 49.8 Å². The van der Waals surface area contributed by atoms with Crippen molar-refractivity contribution < 1.29 is 67.4 Å². The molecule has 9 atom stereocenters. The van der Waals surface area contributed by atoms with Crippen molar-refractivity contribution in [1.82, 2.24) is 42.1 Å². The predicted octanol–water partition coefficient (Wildman–Crippen LogP) is -2.56. The zero-order valence-corrected chi connectivity index (χ0v) is 45.2. The van der Waals surface area contributed by atoms with Crippen molar-refractivity contribution in [2.45, 2.75) is 197 Å². The third-order valence-corrected chi connectivity index (χ3v) is 13.8. The second-order valence-corrected chi connectivity index (χ2v) is 20.5. The maximum atomic E-state index is 14.3. The van der Waals surface area contributed by atoms with Gasteiger partial charge in [0.15, 0.2) is 0 Å². The van der Waals surface area contributed by atoms with Crippen molar-refractivity contribution in [3.63, 3.8) is 0 Å². The van der Waals surface area contributed by atoms with Crippen LogP contribution in [0.3, 0.4) is 0 Å². The maximum absolute atomic E-state index is 14.3. The van der Waals surface area contributed by atoms with Crippen LogP contribution in [0.15, 0.2) is 24.3 Å². The molecule has 27 heteroatoms. The normalized spacial score (nSPS) is 23.6. The molecule has 2 unspecified atom stereocenters. The highest BCUT2D eigenvalue weighted by Gasteiger charge is 2.41. The average molecular weight is 1110 g/mol. The van der Waals surface area contributed by atoms with Gasteiger partial charge in [0.25, 0.3) is 0 Å². The van der Waals surface area contributed by atoms with Crippen molar-refractivity contribution >= 4 is 76.8 Å². The molecule has 2 saturated heterocycles. The Balaban J connectivity index is 2.13. The molecule has 2 heterocycles. The standard InChI is InChI=1S/C52H81N13O14/c1-3-29(2)13-10-8-6-4-5-7-9-11-14-31-24-45(72)59-35(25-41(54)68)48(75)61-34(23-30-16-18-32(66)19-17-30)47(74)63-37(27-43(56)70)49(76)60-33(20-21-40(53)67)52(79)65-22-12-15-39(65)51(78)64-38(28-44(57)71)50(77)62-36(26-42(55)69)46(73)58-31/h16-19,29,31,33-39,66H,3-15,20-28H2,1-2H3,(H2,53,67)(H2,54,68)(H2,55,69)(H2,56,70)(H2,57,71)(H,58,73)(H,59,72)(H,60,76)(H,61,75)(H,62,77)(H,63,74)(H,64,78)/t29?,31?,33-,34+,35+,36+,37-,38+,39+/m1/s1. The number of benzene rings is 1. The lowest BCUT2D eigenvalue weighted by Crippen LogP contribution is -2.60. The molecular weight excluding hydrogens is 1030 g/mol. The number of unbranched alkanes of at least 4 members (excludes halogenated alkanes) is 7. The van der Waals surface area contributed by atoms with Crippen molar-refractivity contribution in [2.75, 3.05) is 6.54 Å². The first-order chi connectivity index (χ1) is 37.4. The monoisotopic (exact) mass is 1110 g/mol. The lowest BCUT2D eigenvalue weighted by molar-refractivity contribution is -0.143. The highest BCUT2D eigenvalue weighted by Crippen LogP contribution is 2.22. The molecule has 0 saturated carbocycles. The van der Waals surface area contributed by atoms with Gasteiger partial charge < -0.3 is 75.9 Å². The van der Waals surface area contributed by atoms with Gasteiger partial charge in [-0.15, -0.1) is 0 Å². The summed E-state index contributed by atoms with van der Waals surface area (Å²) >= 11 is 0. The van der Waals surface area contributed by atoms with E-state index in [1.165, 1.54) is 30.7 Å². The zero-order chi connectivity index (χ0) is 58.8. The van der Waals surface area contributed by atoms with E-state index in [1.54, 1.807) is 0 Å². The fourth-order valence-corrected chi connectivity index (χ4v) is 9.28. The fraction of sp³-hybridized carbons (Fsp3) is 0.635. The van der Waals surface area contributed by atoms with E-state index in [-0.39, 0.29) is 38.0 Å². The van der Waals surface area contributed by atoms with Crippen molar-refractivity contribution in [3.05, 3.63) is 29.8 Å². The van der Waals surface area contributed by atoms with E-state index in [1.807, 2.05) is 0 Å². The molecule has 0 radical (unpaired) electrons. The summed E-state index contributed by atoms with van der Waals surface area (Å²) in [6, 6.07) is -7.62. The molecule has 0 aromatic heterocycles. The number of primary amides is 5. The van der Waals surface area contributed by atoms with Crippen LogP contribution in [0.25, 0.3) is 0 Å². The minimum atomic E-state index is -1.87. The topological polar surface area (TPSA) is 460 Å². The smallest absolute Gasteiger partial charge is 0.245 e. The minimum Gasteiger partial charge on any atom is -0.508 e. The molecule has 0 aliphatic carbocycles. The van der Waals surface area contributed by atoms with Crippen LogP contribution >= 0.6 is 0 Å². The lowest BCUT2D eigenvalue weighted by atomic mass is 9.99. The van der Waals surface area contributed by atoms with Gasteiger partial charge in [0.1, 0.15) is 48.0 Å². The Morgan fingerprint density at radius 3 is 1.47 bits per heavy atom. The summed E-state index contributed by atoms with van der Waals surface area (Å²) in [5, 5.41) is 27.0. The first-order valence-corrected chi connectivity index (χ1v) is 27.0. The molecule has 2 fully saturated rings. The van der Waals surface area contributed by atoms with Crippen LogP contribution in [0.5, 0.6) is 5.75 Å². The van der Waals surface area contributed by atoms with Crippen LogP contribution in [-0.2, 0) is 68.7 Å². The lowest BCUT2D eigenvalue weighted by Gasteiger charge is -2.31. The molecule has 438 valence electrons. The summed E-state index contributed by atoms with van der Waals surface area (Å²) < 4.78 is 0. The first kappa shape index (κ1) is 65.4. The van der Waals surface area contributed by atoms with Gasteiger partial charge in [-0.3, -0.25) is 62.3 Å². The molecule has 13 amide bonds. The van der Waals surface area contributed by atoms with Crippen molar-refractivity contribution in [3.8, 4) is 5.75 Å². The van der Waals surface area contributed by atoms with Crippen LogP contribution in [-0.4, -0.2) is 142 Å². The number of hydrogen-bond acceptors (Lipinski definition) is 14. The highest BCUT2D eigenvalue weighted by molar-refractivity contribution is 6.01. The van der Waals surface area contributed by atoms with Crippen LogP contribution in [0.2, 0.25) is 0 Å². The molecule has 79 heavy (non-hydrogen) atoms. The van der Waals surface area contributed by atoms with Gasteiger partial charge in [-0.25, -0.2) is 0 Å². The summed E-state index contributed by atoms with van der Waals surface area (Å²) in [6.07, 6.45) is 4.61. The van der Waals surface area contributed by atoms with Gasteiger partial charge in [-0.1, -0.05) is 90.2 Å². The Kier molecular flexibility index (Phi) is 27.7. The number of rotatable bonds is 25. The number of nitrogens with zero attached hydrogens (tertiary/aromatic N) is 1. The molecule has 3 rings (SSSR count). The molecule has 1 aromatic rings. The maximum Gasteiger partial charge on any atom is 0.245 e. The number of amides is 13. The van der Waals surface area contributed by atoms with E-state index in [9.17, 15) is 67.4 Å². The number of nitrogens with one attached hydrogen (secondary N) is 7. The molecule has 1 aromatic carbocycles. The number of hydrogen-bond donors (Lipinski definition) is 13. The number of phenols is 1. The summed E-state index contributed by atoms with van der Waals surface area (Å²) in [5.41, 5.74) is 27.8. The van der Waals surface area contributed by atoms with E-state index in [2.05, 4.69) is 51.1 Å². The van der Waals surface area contributed by atoms with Crippen LogP contribution < -0.4 is 65.9 Å². The number of fused-ring (bicyclic) bond motifs is 1. The largest absolute Gasteiger partial charge is 0.508 e. The van der Waals surface area contributed by atoms with Gasteiger partial charge in [-0.2, -0.15) is 0 Å². The molecule has 0 spiro atoms. The number of aromatic hydroxyl groups is 1. The Morgan fingerprint density at radius 1 is 0.544 bits per heavy atom. The van der Waals surface area contributed by atoms with Crippen molar-refractivity contribution in [2.24, 2.45) is 34.6 Å². The van der Waals surface area contributed by atoms with Crippen LogP contribution in [0, 0.1) is 5.92 Å². The second kappa shape index (κ2) is 33.4. The van der Waals surface area contributed by atoms with E-state index in [0.29, 0.717) is 24.3 Å². The van der Waals surface area contributed by atoms with Gasteiger partial charge in [0.05, 0.1) is 25.7 Å². The summed E-state index contributed by atoms with van der Waals surface area (Å²) in [5.74, 6) is -13.2. The summed E-state index contributed by atoms with van der Waals surface area (Å²) in [7, 11) is 0. The number of carbonyl (C=O) groups excluding carboxylic acids is 13. The first-order valence-electron chi connectivity index (χ1n) is 27.0. The van der Waals surface area contributed by atoms with Crippen LogP contribution in [0.4, 0.5) is 0 Å². The Bertz CT molecular complexity index is 2340. The summed E-state index contributed by atoms with van der Waals surface area (Å²) in [4.78, 5) is 176. The van der Waals surface area contributed by atoms with E-state index in [4.69, 9.17) is 28.7 Å². The number of nitrogens with two attached hydrogens (primary N) is 5. The molecule has 27 nitrogen and oxygen atoms in total. The fourth-order valence-electron chi connectivity index (χ4n) is 9.28. The van der Waals surface area contributed by atoms with Crippen molar-refractivity contribution in [1.29, 1.82) is 0 Å². The Morgan fingerprint density at radius 2 is 0.975 bits per heavy atom. The zero-order valence-electron chi connectivity index (χ0n) is 45.2. The predicted molar refractivity (Wildman–Crippen MR) is 284 cm³/mol. The summed E-state index contributed by atoms with van der Waals surface area (Å²) in [6.45, 7) is 4.29. The quantitative estimate of drug-likeness (QED) is 0.0448. The molecule has 2 aliphatic rings. The average Bonchev–Trinajstić information content (AvgIpc) is 3.87. The minimum absolute atomic E-state index is 0.0199. The second-order valence-electron chi connectivity index (χ2n) is 20.5. The SMILES string of the molecule is CCC(C)CCCCCCCCCCC1CC(=O)N[C@@H](CC(N)=O)C(=O)N[C@@H](Cc2ccc(O)cc2)C(=O)N[C@H](CC(N)=O)C(=O)N[C@H](CCC(N)=O)C(=O)N2CCC[C@H]2C(=O)N[C@@H](CC(N)=O)C(=O)N[C@@H](CC(N)=O)C(=O)N1. The third-order valence-electron chi connectivity index (χ3n) is 13.8. The molecular formula is C52H81N13O14. The van der Waals surface area contributed by atoms with Gasteiger partial charge >= 0.3 is 0 Å². The van der Waals surface area contributed by atoms with E-state index < -0.39 is 170 Å². The van der Waals surface area contributed by atoms with Gasteiger partial charge in [0, 0.05) is 31.8 Å². The highest BCUT2D eigenvalue weighted by atomic mass is 16.3. The van der Waals surface area contributed by atoms with Crippen LogP contribution in [0.1, 0.15) is 148 Å². The van der Waals surface area contributed by atoms with Gasteiger partial charge in [-0.05, 0) is 49.3 Å². The van der Waals surface area contributed by atoms with E-state index >= 15 is 0 Å². The third kappa shape index (κ3) is 24.1. The van der Waals surface area contributed by atoms with Gasteiger partial charge in [0.2, 0.25) is 76.8 Å². The Hall–Kier alpha value is -7.87. The number of phenolic OH excluding ortho intramolecular Hbond substituents is 1. The molecule has 0 bridgehead atoms. The Labute approximate surface area is 458 Å². The number of carbonyl (C=O) groups is 13. The molecule has 18 N–H and O–H groups in total. The molecule has 2 aliphatic heterocycles.